The summed E-state index contributed by atoms with van der Waals surface area (Å²) in [5.41, 5.74) is 0.750. The lowest BCUT2D eigenvalue weighted by molar-refractivity contribution is 0.593. The maximum atomic E-state index is 12.4. The summed E-state index contributed by atoms with van der Waals surface area (Å²) in [4.78, 5) is 1.51. The zero-order valence-electron chi connectivity index (χ0n) is 13.5. The molecule has 0 unspecified atom stereocenters. The van der Waals surface area contributed by atoms with Crippen LogP contribution in [-0.2, 0) is 19.9 Å². The van der Waals surface area contributed by atoms with Crippen molar-refractivity contribution in [2.24, 2.45) is 4.40 Å². The van der Waals surface area contributed by atoms with Gasteiger partial charge in [-0.15, -0.1) is 4.40 Å². The van der Waals surface area contributed by atoms with Crippen LogP contribution in [0.3, 0.4) is 0 Å². The van der Waals surface area contributed by atoms with Gasteiger partial charge in [-0.25, -0.2) is 8.42 Å². The molecule has 0 saturated heterocycles. The molecule has 1 N–H and O–H groups in total. The second-order valence-corrected chi connectivity index (χ2v) is 11.1. The van der Waals surface area contributed by atoms with Crippen molar-refractivity contribution in [3.05, 3.63) is 20.1 Å². The zero-order valence-corrected chi connectivity index (χ0v) is 15.9. The Morgan fingerprint density at radius 3 is 2.70 bits per heavy atom. The summed E-state index contributed by atoms with van der Waals surface area (Å²) in [5.74, 6) is 0. The monoisotopic (exact) mass is 379 g/mol. The summed E-state index contributed by atoms with van der Waals surface area (Å²) < 4.78 is 53.3. The average Bonchev–Trinajstić information content (AvgIpc) is 2.68. The number of nitrogens with one attached hydrogen (secondary N) is 1. The highest BCUT2D eigenvalue weighted by atomic mass is 32.3. The number of thioether (sulfide) groups is 1. The summed E-state index contributed by atoms with van der Waals surface area (Å²) in [5, 5.41) is 2.62. The minimum atomic E-state index is -3.92. The lowest BCUT2D eigenvalue weighted by atomic mass is 10.0. The van der Waals surface area contributed by atoms with Gasteiger partial charge in [0, 0.05) is 14.1 Å². The molecule has 0 radical (unpaired) electrons. The predicted octanol–water partition coefficient (Wildman–Crippen LogP) is 0.891. The minimum Gasteiger partial charge on any atom is -0.368 e. The molecule has 0 aromatic heterocycles. The van der Waals surface area contributed by atoms with E-state index in [0.717, 1.165) is 17.3 Å². The maximum Gasteiger partial charge on any atom is 0.289 e. The van der Waals surface area contributed by atoms with Crippen LogP contribution in [0.25, 0.3) is 0 Å². The Hall–Kier alpha value is -0.840. The molecule has 2 heterocycles. The highest BCUT2D eigenvalue weighted by Crippen LogP contribution is 2.48. The molecule has 10 heteroatoms. The first kappa shape index (κ1) is 18.5. The first-order valence-corrected chi connectivity index (χ1v) is 11.0. The first-order chi connectivity index (χ1) is 10.6. The Morgan fingerprint density at radius 1 is 1.48 bits per heavy atom. The Balaban J connectivity index is 2.44. The topological polar surface area (TPSA) is 95.9 Å². The van der Waals surface area contributed by atoms with Gasteiger partial charge in [0.25, 0.3) is 10.0 Å². The smallest absolute Gasteiger partial charge is 0.289 e. The number of hydrogen-bond acceptors (Lipinski definition) is 6. The van der Waals surface area contributed by atoms with Gasteiger partial charge in [-0.1, -0.05) is 18.7 Å². The van der Waals surface area contributed by atoms with Crippen LogP contribution < -0.4 is 5.32 Å². The number of nitrogens with zero attached hydrogens (tertiary/aromatic N) is 2. The minimum absolute atomic E-state index is 0.0435. The third-order valence-electron chi connectivity index (χ3n) is 3.52. The van der Waals surface area contributed by atoms with Gasteiger partial charge in [-0.2, -0.15) is 8.42 Å². The number of likely N-dealkylation sites (N-methyl/N-ethyl adjacent to an activating group) is 1. The first-order valence-electron chi connectivity index (χ1n) is 7.16. The van der Waals surface area contributed by atoms with Crippen LogP contribution in [0.4, 0.5) is 0 Å². The third-order valence-corrected chi connectivity index (χ3v) is 9.16. The van der Waals surface area contributed by atoms with Crippen LogP contribution >= 0.6 is 11.8 Å². The molecule has 2 aliphatic heterocycles. The quantitative estimate of drug-likeness (QED) is 0.560. The van der Waals surface area contributed by atoms with E-state index in [0.29, 0.717) is 13.0 Å². The van der Waals surface area contributed by atoms with Gasteiger partial charge in [-0.05, 0) is 31.5 Å². The van der Waals surface area contributed by atoms with Crippen molar-refractivity contribution in [1.82, 2.24) is 10.2 Å². The third kappa shape index (κ3) is 3.65. The van der Waals surface area contributed by atoms with Crippen molar-refractivity contribution in [3.8, 4) is 0 Å². The van der Waals surface area contributed by atoms with E-state index in [1.807, 2.05) is 6.92 Å². The van der Waals surface area contributed by atoms with E-state index >= 15 is 0 Å². The predicted molar refractivity (Wildman–Crippen MR) is 94.3 cm³/mol. The highest BCUT2D eigenvalue weighted by molar-refractivity contribution is 8.28. The molecule has 0 aliphatic carbocycles. The van der Waals surface area contributed by atoms with E-state index in [1.165, 1.54) is 11.2 Å². The van der Waals surface area contributed by atoms with Crippen molar-refractivity contribution < 1.29 is 16.8 Å². The fourth-order valence-corrected chi connectivity index (χ4v) is 7.34. The summed E-state index contributed by atoms with van der Waals surface area (Å²) in [6, 6.07) is -0.393. The molecular formula is C13H21N3O4S3. The fraction of sp³-hybridized carbons (Fsp3) is 0.615. The molecule has 23 heavy (non-hydrogen) atoms. The molecule has 0 bridgehead atoms. The number of sulfone groups is 1. The molecule has 0 aromatic carbocycles. The second-order valence-electron chi connectivity index (χ2n) is 5.66. The Kier molecular flexibility index (Phi) is 5.29. The van der Waals surface area contributed by atoms with Crippen molar-refractivity contribution in [3.63, 3.8) is 0 Å². The van der Waals surface area contributed by atoms with Crippen LogP contribution in [0, 0.1) is 0 Å². The maximum absolute atomic E-state index is 12.4. The van der Waals surface area contributed by atoms with Gasteiger partial charge in [0.05, 0.1) is 11.3 Å². The molecule has 2 rings (SSSR count). The standard InChI is InChI=1S/C13H21N3O4S3/c1-5-14-11-7-12(23(19,20)15-8-16(3)4)21-13-10(11)6-9(2)22(13,17)18/h7-9,11,14H,5-6H2,1-4H3/t9-,11-/m0/s1. The molecule has 0 spiro atoms. The van der Waals surface area contributed by atoms with Gasteiger partial charge in [-0.3, -0.25) is 0 Å². The van der Waals surface area contributed by atoms with Crippen molar-refractivity contribution in [2.45, 2.75) is 31.6 Å². The summed E-state index contributed by atoms with van der Waals surface area (Å²) >= 11 is 0.794. The molecule has 130 valence electrons. The van der Waals surface area contributed by atoms with E-state index in [-0.39, 0.29) is 8.47 Å². The van der Waals surface area contributed by atoms with Gasteiger partial charge >= 0.3 is 0 Å². The van der Waals surface area contributed by atoms with Crippen LogP contribution in [0.5, 0.6) is 0 Å². The van der Waals surface area contributed by atoms with E-state index in [4.69, 9.17) is 0 Å². The fourth-order valence-electron chi connectivity index (χ4n) is 2.36. The Morgan fingerprint density at radius 2 is 2.13 bits per heavy atom. The molecule has 0 saturated carbocycles. The SMILES string of the molecule is CCN[C@H]1C=C(S(=O)(=O)N=CN(C)C)SC2=C1C[C@H](C)S2(=O)=O. The van der Waals surface area contributed by atoms with Crippen molar-refractivity contribution in [2.75, 3.05) is 20.6 Å². The van der Waals surface area contributed by atoms with Crippen LogP contribution in [0.15, 0.2) is 24.5 Å². The summed E-state index contributed by atoms with van der Waals surface area (Å²) in [6.45, 7) is 4.14. The lowest BCUT2D eigenvalue weighted by Gasteiger charge is -2.22. The van der Waals surface area contributed by atoms with Gasteiger partial charge in [0.1, 0.15) is 14.8 Å². The molecule has 2 aliphatic rings. The normalized spacial score (nSPS) is 27.2. The molecule has 0 aromatic rings. The zero-order chi connectivity index (χ0) is 17.4. The van der Waals surface area contributed by atoms with Gasteiger partial charge in [0.2, 0.25) is 0 Å². The molecule has 0 amide bonds. The molecule has 7 nitrogen and oxygen atoms in total. The molecule has 0 fully saturated rings. The second kappa shape index (κ2) is 6.58. The number of sulfonamides is 1. The summed E-state index contributed by atoms with van der Waals surface area (Å²) in [6.07, 6.45) is 3.17. The highest BCUT2D eigenvalue weighted by Gasteiger charge is 2.43. The van der Waals surface area contributed by atoms with Gasteiger partial charge in [0.15, 0.2) is 9.84 Å². The average molecular weight is 380 g/mol. The van der Waals surface area contributed by atoms with Crippen molar-refractivity contribution >= 4 is 38.0 Å². The Labute approximate surface area is 141 Å². The van der Waals surface area contributed by atoms with Gasteiger partial charge < -0.3 is 10.2 Å². The van der Waals surface area contributed by atoms with E-state index < -0.39 is 31.2 Å². The Bertz CT molecular complexity index is 779. The van der Waals surface area contributed by atoms with Crippen LogP contribution in [0.1, 0.15) is 20.3 Å². The van der Waals surface area contributed by atoms with Crippen molar-refractivity contribution in [1.29, 1.82) is 0 Å². The summed E-state index contributed by atoms with van der Waals surface area (Å²) in [7, 11) is -4.07. The largest absolute Gasteiger partial charge is 0.368 e. The number of hydrogen-bond donors (Lipinski definition) is 1. The molecular weight excluding hydrogens is 358 g/mol. The van der Waals surface area contributed by atoms with E-state index in [2.05, 4.69) is 9.71 Å². The molecule has 2 atom stereocenters. The van der Waals surface area contributed by atoms with E-state index in [1.54, 1.807) is 27.1 Å². The van der Waals surface area contributed by atoms with E-state index in [9.17, 15) is 16.8 Å². The van der Waals surface area contributed by atoms with Crippen LogP contribution in [-0.4, -0.2) is 60.0 Å². The van der Waals surface area contributed by atoms with Crippen LogP contribution in [0.2, 0.25) is 0 Å². The number of rotatable bonds is 5. The lowest BCUT2D eigenvalue weighted by Crippen LogP contribution is -2.31.